The highest BCUT2D eigenvalue weighted by atomic mass is 14.8. The van der Waals surface area contributed by atoms with Crippen molar-refractivity contribution in [3.05, 3.63) is 48.0 Å². The summed E-state index contributed by atoms with van der Waals surface area (Å²) in [5.41, 5.74) is 13.4. The van der Waals surface area contributed by atoms with Crippen molar-refractivity contribution in [2.24, 2.45) is 16.9 Å². The minimum atomic E-state index is -0.374. The van der Waals surface area contributed by atoms with Crippen LogP contribution in [0.15, 0.2) is 42.5 Å². The lowest BCUT2D eigenvalue weighted by Crippen LogP contribution is -2.49. The van der Waals surface area contributed by atoms with Gasteiger partial charge in [-0.2, -0.15) is 0 Å². The molecule has 0 amide bonds. The first-order valence-corrected chi connectivity index (χ1v) is 5.73. The first-order chi connectivity index (χ1) is 7.44. The highest BCUT2D eigenvalue weighted by Gasteiger charge is 2.38. The molecule has 0 bridgehead atoms. The van der Waals surface area contributed by atoms with E-state index in [1.165, 1.54) is 0 Å². The zero-order valence-corrected chi connectivity index (χ0v) is 9.98. The molecule has 0 fully saturated rings. The maximum Gasteiger partial charge on any atom is 0.0601 e. The standard InChI is InChI=1S/C14H20N2/c1-13(2)10-14(16,9-8-12(13)15)11-6-4-3-5-7-11/h3-9,12H,10,15-16H2,1-2H3. The molecule has 16 heavy (non-hydrogen) atoms. The Morgan fingerprint density at radius 2 is 1.81 bits per heavy atom. The van der Waals surface area contributed by atoms with Gasteiger partial charge in [-0.25, -0.2) is 0 Å². The van der Waals surface area contributed by atoms with Gasteiger partial charge in [0, 0.05) is 6.04 Å². The van der Waals surface area contributed by atoms with Crippen molar-refractivity contribution in [2.75, 3.05) is 0 Å². The van der Waals surface area contributed by atoms with Gasteiger partial charge in [-0.05, 0) is 17.4 Å². The van der Waals surface area contributed by atoms with E-state index in [2.05, 4.69) is 32.1 Å². The fourth-order valence-electron chi connectivity index (χ4n) is 2.41. The smallest absolute Gasteiger partial charge is 0.0601 e. The summed E-state index contributed by atoms with van der Waals surface area (Å²) in [6.07, 6.45) is 4.97. The molecule has 2 nitrogen and oxygen atoms in total. The van der Waals surface area contributed by atoms with Crippen molar-refractivity contribution in [1.29, 1.82) is 0 Å². The van der Waals surface area contributed by atoms with Crippen molar-refractivity contribution >= 4 is 0 Å². The molecule has 1 aliphatic carbocycles. The maximum absolute atomic E-state index is 6.48. The van der Waals surface area contributed by atoms with E-state index < -0.39 is 0 Å². The maximum atomic E-state index is 6.48. The number of hydrogen-bond acceptors (Lipinski definition) is 2. The van der Waals surface area contributed by atoms with Gasteiger partial charge in [-0.1, -0.05) is 56.3 Å². The van der Waals surface area contributed by atoms with E-state index in [4.69, 9.17) is 11.5 Å². The summed E-state index contributed by atoms with van der Waals surface area (Å²) in [4.78, 5) is 0. The van der Waals surface area contributed by atoms with E-state index in [9.17, 15) is 0 Å². The van der Waals surface area contributed by atoms with Crippen LogP contribution in [-0.2, 0) is 5.54 Å². The minimum Gasteiger partial charge on any atom is -0.324 e. The van der Waals surface area contributed by atoms with Gasteiger partial charge in [-0.15, -0.1) is 0 Å². The molecule has 0 spiro atoms. The van der Waals surface area contributed by atoms with Crippen LogP contribution < -0.4 is 11.5 Å². The van der Waals surface area contributed by atoms with Crippen molar-refractivity contribution in [2.45, 2.75) is 31.8 Å². The van der Waals surface area contributed by atoms with Gasteiger partial charge in [0.15, 0.2) is 0 Å². The fourth-order valence-corrected chi connectivity index (χ4v) is 2.41. The molecular formula is C14H20N2. The van der Waals surface area contributed by atoms with E-state index in [1.807, 2.05) is 24.3 Å². The zero-order chi connectivity index (χ0) is 11.8. The Hall–Kier alpha value is -1.12. The van der Waals surface area contributed by atoms with Gasteiger partial charge in [-0.3, -0.25) is 0 Å². The molecule has 1 aliphatic rings. The summed E-state index contributed by atoms with van der Waals surface area (Å²) >= 11 is 0. The number of hydrogen-bond donors (Lipinski definition) is 2. The number of benzene rings is 1. The molecule has 0 saturated heterocycles. The van der Waals surface area contributed by atoms with E-state index in [0.717, 1.165) is 12.0 Å². The zero-order valence-electron chi connectivity index (χ0n) is 9.98. The molecule has 0 aromatic heterocycles. The van der Waals surface area contributed by atoms with E-state index >= 15 is 0 Å². The molecule has 2 unspecified atom stereocenters. The predicted molar refractivity (Wildman–Crippen MR) is 67.8 cm³/mol. The molecule has 0 aliphatic heterocycles. The number of rotatable bonds is 1. The van der Waals surface area contributed by atoms with E-state index in [1.54, 1.807) is 0 Å². The Kier molecular flexibility index (Phi) is 2.64. The average molecular weight is 216 g/mol. The monoisotopic (exact) mass is 216 g/mol. The lowest BCUT2D eigenvalue weighted by atomic mass is 9.67. The topological polar surface area (TPSA) is 52.0 Å². The van der Waals surface area contributed by atoms with E-state index in [-0.39, 0.29) is 17.0 Å². The van der Waals surface area contributed by atoms with Crippen molar-refractivity contribution < 1.29 is 0 Å². The van der Waals surface area contributed by atoms with Crippen molar-refractivity contribution in [3.63, 3.8) is 0 Å². The molecule has 0 saturated carbocycles. The van der Waals surface area contributed by atoms with Crippen LogP contribution in [0.4, 0.5) is 0 Å². The molecule has 4 N–H and O–H groups in total. The minimum absolute atomic E-state index is 0.0410. The van der Waals surface area contributed by atoms with Crippen LogP contribution in [0.5, 0.6) is 0 Å². The Labute approximate surface area is 97.3 Å². The molecular weight excluding hydrogens is 196 g/mol. The average Bonchev–Trinajstić information content (AvgIpc) is 2.25. The summed E-state index contributed by atoms with van der Waals surface area (Å²) in [6, 6.07) is 10.3. The summed E-state index contributed by atoms with van der Waals surface area (Å²) in [7, 11) is 0. The van der Waals surface area contributed by atoms with Crippen LogP contribution in [0.1, 0.15) is 25.8 Å². The molecule has 2 heteroatoms. The fraction of sp³-hybridized carbons (Fsp3) is 0.429. The van der Waals surface area contributed by atoms with Crippen LogP contribution in [0.2, 0.25) is 0 Å². The van der Waals surface area contributed by atoms with Gasteiger partial charge in [0.2, 0.25) is 0 Å². The molecule has 0 heterocycles. The quantitative estimate of drug-likeness (QED) is 0.707. The van der Waals surface area contributed by atoms with Crippen LogP contribution >= 0.6 is 0 Å². The second-order valence-electron chi connectivity index (χ2n) is 5.46. The lowest BCUT2D eigenvalue weighted by Gasteiger charge is -2.42. The van der Waals surface area contributed by atoms with Gasteiger partial charge >= 0.3 is 0 Å². The highest BCUT2D eigenvalue weighted by molar-refractivity contribution is 5.32. The third-order valence-electron chi connectivity index (χ3n) is 3.56. The second kappa shape index (κ2) is 3.72. The van der Waals surface area contributed by atoms with Gasteiger partial charge < -0.3 is 11.5 Å². The Morgan fingerprint density at radius 1 is 1.19 bits per heavy atom. The third-order valence-corrected chi connectivity index (χ3v) is 3.56. The summed E-state index contributed by atoms with van der Waals surface area (Å²) in [5, 5.41) is 0. The largest absolute Gasteiger partial charge is 0.324 e. The Morgan fingerprint density at radius 3 is 2.38 bits per heavy atom. The molecule has 1 aromatic rings. The van der Waals surface area contributed by atoms with Crippen LogP contribution in [0, 0.1) is 5.41 Å². The highest BCUT2D eigenvalue weighted by Crippen LogP contribution is 2.40. The Bertz CT molecular complexity index is 394. The molecule has 2 atom stereocenters. The number of nitrogens with two attached hydrogens (primary N) is 2. The summed E-state index contributed by atoms with van der Waals surface area (Å²) < 4.78 is 0. The van der Waals surface area contributed by atoms with E-state index in [0.29, 0.717) is 0 Å². The summed E-state index contributed by atoms with van der Waals surface area (Å²) in [5.74, 6) is 0. The van der Waals surface area contributed by atoms with Crippen LogP contribution in [-0.4, -0.2) is 6.04 Å². The molecule has 2 rings (SSSR count). The first kappa shape index (κ1) is 11.4. The van der Waals surface area contributed by atoms with Crippen LogP contribution in [0.25, 0.3) is 0 Å². The normalized spacial score (nSPS) is 32.6. The SMILES string of the molecule is CC1(C)CC(N)(c2ccccc2)C=CC1N. The van der Waals surface area contributed by atoms with Crippen molar-refractivity contribution in [1.82, 2.24) is 0 Å². The van der Waals surface area contributed by atoms with Gasteiger partial charge in [0.05, 0.1) is 5.54 Å². The molecule has 0 radical (unpaired) electrons. The second-order valence-corrected chi connectivity index (χ2v) is 5.46. The van der Waals surface area contributed by atoms with Crippen molar-refractivity contribution in [3.8, 4) is 0 Å². The van der Waals surface area contributed by atoms with Gasteiger partial charge in [0.1, 0.15) is 0 Å². The third kappa shape index (κ3) is 1.91. The predicted octanol–water partition coefficient (Wildman–Crippen LogP) is 2.15. The molecule has 86 valence electrons. The molecule has 1 aromatic carbocycles. The van der Waals surface area contributed by atoms with Crippen LogP contribution in [0.3, 0.4) is 0 Å². The Balaban J connectivity index is 2.38. The summed E-state index contributed by atoms with van der Waals surface area (Å²) in [6.45, 7) is 4.34. The lowest BCUT2D eigenvalue weighted by molar-refractivity contribution is 0.224. The van der Waals surface area contributed by atoms with Gasteiger partial charge in [0.25, 0.3) is 0 Å². The first-order valence-electron chi connectivity index (χ1n) is 5.73.